The Morgan fingerprint density at radius 1 is 1.04 bits per heavy atom. The Morgan fingerprint density at radius 3 is 2.42 bits per heavy atom. The molecule has 4 rings (SSSR count). The monoisotopic (exact) mass is 348 g/mol. The Kier molecular flexibility index (Phi) is 4.39. The maximum absolute atomic E-state index is 12.9. The van der Waals surface area contributed by atoms with Gasteiger partial charge in [-0.15, -0.1) is 0 Å². The van der Waals surface area contributed by atoms with E-state index in [1.807, 2.05) is 53.5 Å². The number of piperazine rings is 1. The summed E-state index contributed by atoms with van der Waals surface area (Å²) in [6, 6.07) is 19.9. The van der Waals surface area contributed by atoms with E-state index in [0.29, 0.717) is 25.2 Å². The molecule has 1 saturated heterocycles. The third-order valence-corrected chi connectivity index (χ3v) is 4.69. The van der Waals surface area contributed by atoms with Gasteiger partial charge in [-0.2, -0.15) is 5.10 Å². The highest BCUT2D eigenvalue weighted by Gasteiger charge is 2.35. The van der Waals surface area contributed by atoms with Crippen LogP contribution in [-0.2, 0) is 9.59 Å². The molecule has 0 aromatic heterocycles. The van der Waals surface area contributed by atoms with Crippen molar-refractivity contribution in [2.75, 3.05) is 24.6 Å². The standard InChI is InChI=1S/C20H20N4O2/c25-19-14-23(12-11-21-19)20(26)17-13-18(15-7-3-1-4-8-15)24(22-17)16-9-5-2-6-10-16/h1-10,18H,11-14H2,(H,21,25)/t18-/m0/s1. The van der Waals surface area contributed by atoms with Crippen LogP contribution in [0.15, 0.2) is 65.8 Å². The third kappa shape index (κ3) is 3.18. The summed E-state index contributed by atoms with van der Waals surface area (Å²) >= 11 is 0. The average molecular weight is 348 g/mol. The lowest BCUT2D eigenvalue weighted by Crippen LogP contribution is -2.51. The molecule has 0 aliphatic carbocycles. The van der Waals surface area contributed by atoms with E-state index in [1.165, 1.54) is 0 Å². The normalized spacial score (nSPS) is 19.9. The molecular weight excluding hydrogens is 328 g/mol. The van der Waals surface area contributed by atoms with Gasteiger partial charge in [-0.1, -0.05) is 48.5 Å². The maximum Gasteiger partial charge on any atom is 0.270 e. The number of hydrogen-bond donors (Lipinski definition) is 1. The molecule has 2 aliphatic heterocycles. The van der Waals surface area contributed by atoms with E-state index in [2.05, 4.69) is 22.6 Å². The van der Waals surface area contributed by atoms with Crippen LogP contribution in [0.4, 0.5) is 5.69 Å². The average Bonchev–Trinajstić information content (AvgIpc) is 3.14. The number of carbonyl (C=O) groups is 2. The van der Waals surface area contributed by atoms with E-state index in [9.17, 15) is 9.59 Å². The second-order valence-corrected chi connectivity index (χ2v) is 6.43. The maximum atomic E-state index is 12.9. The Balaban J connectivity index is 1.64. The number of rotatable bonds is 3. The van der Waals surface area contributed by atoms with Gasteiger partial charge in [0.05, 0.1) is 18.3 Å². The molecule has 26 heavy (non-hydrogen) atoms. The minimum atomic E-state index is -0.154. The summed E-state index contributed by atoms with van der Waals surface area (Å²) in [7, 11) is 0. The topological polar surface area (TPSA) is 65.0 Å². The quantitative estimate of drug-likeness (QED) is 0.922. The lowest BCUT2D eigenvalue weighted by molar-refractivity contribution is -0.133. The van der Waals surface area contributed by atoms with Crippen LogP contribution < -0.4 is 10.3 Å². The van der Waals surface area contributed by atoms with Gasteiger partial charge in [0.25, 0.3) is 5.91 Å². The number of hydrazone groups is 1. The predicted octanol–water partition coefficient (Wildman–Crippen LogP) is 1.95. The molecule has 0 bridgehead atoms. The zero-order valence-electron chi connectivity index (χ0n) is 14.3. The van der Waals surface area contributed by atoms with Crippen molar-refractivity contribution in [1.82, 2.24) is 10.2 Å². The minimum absolute atomic E-state index is 0.0313. The summed E-state index contributed by atoms with van der Waals surface area (Å²) < 4.78 is 0. The van der Waals surface area contributed by atoms with E-state index in [4.69, 9.17) is 0 Å². The van der Waals surface area contributed by atoms with Gasteiger partial charge >= 0.3 is 0 Å². The van der Waals surface area contributed by atoms with E-state index in [-0.39, 0.29) is 24.4 Å². The van der Waals surface area contributed by atoms with Crippen molar-refractivity contribution in [1.29, 1.82) is 0 Å². The molecule has 0 spiro atoms. The number of hydrogen-bond acceptors (Lipinski definition) is 4. The summed E-state index contributed by atoms with van der Waals surface area (Å²) in [4.78, 5) is 26.1. The van der Waals surface area contributed by atoms with Crippen molar-refractivity contribution in [3.05, 3.63) is 66.2 Å². The molecule has 0 saturated carbocycles. The number of carbonyl (C=O) groups excluding carboxylic acids is 2. The van der Waals surface area contributed by atoms with Crippen LogP contribution in [0.3, 0.4) is 0 Å². The first-order valence-corrected chi connectivity index (χ1v) is 8.75. The summed E-state index contributed by atoms with van der Waals surface area (Å²) in [6.45, 7) is 1.10. The zero-order chi connectivity index (χ0) is 17.9. The van der Waals surface area contributed by atoms with Crippen LogP contribution in [0, 0.1) is 0 Å². The van der Waals surface area contributed by atoms with Gasteiger partial charge in [-0.25, -0.2) is 0 Å². The SMILES string of the molecule is O=C1CN(C(=O)C2=NN(c3ccccc3)[C@H](c3ccccc3)C2)CCN1. The second-order valence-electron chi connectivity index (χ2n) is 6.43. The van der Waals surface area contributed by atoms with Gasteiger partial charge < -0.3 is 10.2 Å². The molecule has 2 aliphatic rings. The molecule has 2 aromatic rings. The largest absolute Gasteiger partial charge is 0.353 e. The first-order valence-electron chi connectivity index (χ1n) is 8.75. The Labute approximate surface area is 152 Å². The van der Waals surface area contributed by atoms with Crippen LogP contribution in [-0.4, -0.2) is 42.1 Å². The van der Waals surface area contributed by atoms with Crippen molar-refractivity contribution in [3.63, 3.8) is 0 Å². The molecule has 6 heteroatoms. The fourth-order valence-corrected chi connectivity index (χ4v) is 3.39. The van der Waals surface area contributed by atoms with E-state index in [1.54, 1.807) is 4.90 Å². The molecule has 1 N–H and O–H groups in total. The molecule has 0 unspecified atom stereocenters. The Morgan fingerprint density at radius 2 is 1.73 bits per heavy atom. The number of benzene rings is 2. The summed E-state index contributed by atoms with van der Waals surface area (Å²) in [5.41, 5.74) is 2.55. The highest BCUT2D eigenvalue weighted by Crippen LogP contribution is 2.35. The fraction of sp³-hybridized carbons (Fsp3) is 0.250. The van der Waals surface area contributed by atoms with Gasteiger partial charge in [-0.3, -0.25) is 14.6 Å². The Hall–Kier alpha value is -3.15. The van der Waals surface area contributed by atoms with Gasteiger partial charge in [0.1, 0.15) is 5.71 Å². The first kappa shape index (κ1) is 16.3. The summed E-state index contributed by atoms with van der Waals surface area (Å²) in [6.07, 6.45) is 0.524. The van der Waals surface area contributed by atoms with E-state index in [0.717, 1.165) is 11.3 Å². The second kappa shape index (κ2) is 7.00. The van der Waals surface area contributed by atoms with Crippen molar-refractivity contribution in [2.45, 2.75) is 12.5 Å². The number of nitrogens with zero attached hydrogens (tertiary/aromatic N) is 3. The van der Waals surface area contributed by atoms with E-state index < -0.39 is 0 Å². The summed E-state index contributed by atoms with van der Waals surface area (Å²) in [5, 5.41) is 9.30. The fourth-order valence-electron chi connectivity index (χ4n) is 3.39. The van der Waals surface area contributed by atoms with Gasteiger partial charge in [0.2, 0.25) is 5.91 Å². The third-order valence-electron chi connectivity index (χ3n) is 4.69. The van der Waals surface area contributed by atoms with Crippen LogP contribution in [0.25, 0.3) is 0 Å². The van der Waals surface area contributed by atoms with Gasteiger partial charge in [0, 0.05) is 19.5 Å². The van der Waals surface area contributed by atoms with Crippen molar-refractivity contribution in [2.24, 2.45) is 5.10 Å². The molecular formula is C20H20N4O2. The Bertz CT molecular complexity index is 835. The van der Waals surface area contributed by atoms with E-state index >= 15 is 0 Å². The smallest absolute Gasteiger partial charge is 0.270 e. The number of amides is 2. The number of anilines is 1. The number of nitrogens with one attached hydrogen (secondary N) is 1. The van der Waals surface area contributed by atoms with Crippen LogP contribution in [0.5, 0.6) is 0 Å². The molecule has 6 nitrogen and oxygen atoms in total. The lowest BCUT2D eigenvalue weighted by atomic mass is 10.0. The van der Waals surface area contributed by atoms with Crippen molar-refractivity contribution >= 4 is 23.2 Å². The molecule has 2 heterocycles. The zero-order valence-corrected chi connectivity index (χ0v) is 14.3. The molecule has 2 aromatic carbocycles. The van der Waals surface area contributed by atoms with Crippen molar-refractivity contribution < 1.29 is 9.59 Å². The van der Waals surface area contributed by atoms with Crippen LogP contribution in [0.1, 0.15) is 18.0 Å². The van der Waals surface area contributed by atoms with Gasteiger partial charge in [0.15, 0.2) is 0 Å². The predicted molar refractivity (Wildman–Crippen MR) is 99.7 cm³/mol. The minimum Gasteiger partial charge on any atom is -0.353 e. The van der Waals surface area contributed by atoms with Gasteiger partial charge in [-0.05, 0) is 17.7 Å². The molecule has 2 amide bonds. The van der Waals surface area contributed by atoms with Crippen molar-refractivity contribution in [3.8, 4) is 0 Å². The molecule has 0 radical (unpaired) electrons. The molecule has 1 atom stereocenters. The lowest BCUT2D eigenvalue weighted by Gasteiger charge is -2.26. The molecule has 132 valence electrons. The number of para-hydroxylation sites is 1. The first-order chi connectivity index (χ1) is 12.7. The molecule has 1 fully saturated rings. The van der Waals surface area contributed by atoms with Crippen LogP contribution in [0.2, 0.25) is 0 Å². The highest BCUT2D eigenvalue weighted by molar-refractivity contribution is 6.40. The summed E-state index contributed by atoms with van der Waals surface area (Å²) in [5.74, 6) is -0.276. The van der Waals surface area contributed by atoms with Crippen LogP contribution >= 0.6 is 0 Å². The highest BCUT2D eigenvalue weighted by atomic mass is 16.2.